The van der Waals surface area contributed by atoms with Crippen LogP contribution in [0, 0.1) is 6.92 Å². The average molecular weight is 592 g/mol. The Morgan fingerprint density at radius 2 is 1.57 bits per heavy atom. The van der Waals surface area contributed by atoms with E-state index in [-0.39, 0.29) is 5.41 Å². The second-order valence-corrected chi connectivity index (χ2v) is 12.8. The van der Waals surface area contributed by atoms with Gasteiger partial charge in [-0.3, -0.25) is 0 Å². The van der Waals surface area contributed by atoms with Gasteiger partial charge in [0.05, 0.1) is 11.3 Å². The molecule has 1 spiro atoms. The summed E-state index contributed by atoms with van der Waals surface area (Å²) in [5, 5.41) is 2.55. The molecular formula is C40H40F3N. The SMILES string of the molecule is C=C(/C=C/C=C1/N(C)c2c(ccc3ccccc23)C12CCCCC2)C(C)(Cc1ccc(C(F)(F)F)cc1)c1ccccc1C. The molecule has 1 aliphatic heterocycles. The first kappa shape index (κ1) is 30.0. The molecule has 1 atom stereocenters. The molecule has 2 aliphatic rings. The lowest BCUT2D eigenvalue weighted by Gasteiger charge is -2.36. The maximum Gasteiger partial charge on any atom is 0.416 e. The van der Waals surface area contributed by atoms with Gasteiger partial charge in [-0.2, -0.15) is 13.2 Å². The summed E-state index contributed by atoms with van der Waals surface area (Å²) >= 11 is 0. The summed E-state index contributed by atoms with van der Waals surface area (Å²) in [7, 11) is 2.20. The van der Waals surface area contributed by atoms with Gasteiger partial charge in [0.25, 0.3) is 0 Å². The zero-order valence-corrected chi connectivity index (χ0v) is 25.8. The first-order chi connectivity index (χ1) is 21.0. The number of benzene rings is 4. The summed E-state index contributed by atoms with van der Waals surface area (Å²) in [4.78, 5) is 2.40. The van der Waals surface area contributed by atoms with Crippen molar-refractivity contribution in [3.63, 3.8) is 0 Å². The monoisotopic (exact) mass is 591 g/mol. The molecule has 1 unspecified atom stereocenters. The largest absolute Gasteiger partial charge is 0.416 e. The molecule has 1 nitrogen and oxygen atoms in total. The summed E-state index contributed by atoms with van der Waals surface area (Å²) < 4.78 is 39.8. The van der Waals surface area contributed by atoms with Gasteiger partial charge < -0.3 is 4.90 Å². The summed E-state index contributed by atoms with van der Waals surface area (Å²) in [5.74, 6) is 0. The van der Waals surface area contributed by atoms with E-state index >= 15 is 0 Å². The zero-order valence-electron chi connectivity index (χ0n) is 25.8. The molecule has 0 saturated heterocycles. The van der Waals surface area contributed by atoms with Crippen LogP contribution < -0.4 is 4.90 Å². The Hall–Kier alpha value is -4.05. The van der Waals surface area contributed by atoms with Crippen molar-refractivity contribution in [3.05, 3.63) is 149 Å². The van der Waals surface area contributed by atoms with Gasteiger partial charge in [-0.15, -0.1) is 0 Å². The molecule has 1 saturated carbocycles. The van der Waals surface area contributed by atoms with Crippen molar-refractivity contribution in [2.24, 2.45) is 0 Å². The van der Waals surface area contributed by atoms with Crippen LogP contribution in [0.5, 0.6) is 0 Å². The molecule has 226 valence electrons. The average Bonchev–Trinajstić information content (AvgIpc) is 3.24. The maximum atomic E-state index is 13.3. The third-order valence-corrected chi connectivity index (χ3v) is 10.1. The molecule has 0 amide bonds. The molecule has 6 rings (SSSR count). The summed E-state index contributed by atoms with van der Waals surface area (Å²) in [6.45, 7) is 8.79. The van der Waals surface area contributed by atoms with E-state index in [2.05, 4.69) is 99.1 Å². The fourth-order valence-electron chi connectivity index (χ4n) is 7.77. The van der Waals surface area contributed by atoms with Crippen LogP contribution in [0.25, 0.3) is 10.8 Å². The minimum absolute atomic E-state index is 0.00239. The first-order valence-electron chi connectivity index (χ1n) is 15.6. The smallest absolute Gasteiger partial charge is 0.347 e. The number of hydrogen-bond acceptors (Lipinski definition) is 1. The van der Waals surface area contributed by atoms with Gasteiger partial charge in [-0.25, -0.2) is 0 Å². The molecule has 1 aliphatic carbocycles. The number of anilines is 1. The van der Waals surface area contributed by atoms with Gasteiger partial charge in [-0.1, -0.05) is 118 Å². The standard InChI is InChI=1S/C40H40F3N/c1-28-13-6-9-17-34(28)38(3,27-30-19-22-32(23-20-30)40(41,42)43)29(2)14-12-18-36-39(25-10-5-11-26-39)35-24-21-31-15-7-8-16-33(31)37(35)44(36)4/h6-9,12-24H,2,5,10-11,25-27H2,1,3-4H3/b14-12+,36-18+. The molecule has 4 aromatic rings. The quantitative estimate of drug-likeness (QED) is 0.202. The Morgan fingerprint density at radius 3 is 2.27 bits per heavy atom. The second-order valence-electron chi connectivity index (χ2n) is 12.8. The third kappa shape index (κ3) is 5.19. The molecule has 1 heterocycles. The molecular weight excluding hydrogens is 551 g/mol. The summed E-state index contributed by atoms with van der Waals surface area (Å²) in [6.07, 6.45) is 8.68. The molecule has 0 bridgehead atoms. The topological polar surface area (TPSA) is 3.24 Å². The fourth-order valence-corrected chi connectivity index (χ4v) is 7.77. The van der Waals surface area contributed by atoms with E-state index in [9.17, 15) is 13.2 Å². The Labute approximate surface area is 259 Å². The van der Waals surface area contributed by atoms with Crippen LogP contribution >= 0.6 is 0 Å². The number of hydrogen-bond donors (Lipinski definition) is 0. The molecule has 4 aromatic carbocycles. The van der Waals surface area contributed by atoms with Crippen LogP contribution in [-0.4, -0.2) is 7.05 Å². The molecule has 0 N–H and O–H groups in total. The van der Waals surface area contributed by atoms with Crippen molar-refractivity contribution in [2.45, 2.75) is 69.4 Å². The highest BCUT2D eigenvalue weighted by Crippen LogP contribution is 2.56. The lowest BCUT2D eigenvalue weighted by atomic mass is 9.68. The van der Waals surface area contributed by atoms with E-state index in [1.807, 2.05) is 12.1 Å². The lowest BCUT2D eigenvalue weighted by Crippen LogP contribution is -2.31. The van der Waals surface area contributed by atoms with E-state index in [0.717, 1.165) is 35.1 Å². The molecule has 0 aromatic heterocycles. The number of aryl methyl sites for hydroxylation is 1. The fraction of sp³-hybridized carbons (Fsp3) is 0.300. The van der Waals surface area contributed by atoms with Crippen LogP contribution in [0.3, 0.4) is 0 Å². The highest BCUT2D eigenvalue weighted by atomic mass is 19.4. The van der Waals surface area contributed by atoms with Gasteiger partial charge in [0.2, 0.25) is 0 Å². The Balaban J connectivity index is 1.37. The predicted octanol–water partition coefficient (Wildman–Crippen LogP) is 11.0. The van der Waals surface area contributed by atoms with E-state index in [4.69, 9.17) is 0 Å². The highest BCUT2D eigenvalue weighted by Gasteiger charge is 2.46. The van der Waals surface area contributed by atoms with Crippen LogP contribution in [0.2, 0.25) is 0 Å². The molecule has 0 radical (unpaired) electrons. The van der Waals surface area contributed by atoms with Gasteiger partial charge in [0, 0.05) is 29.0 Å². The molecule has 44 heavy (non-hydrogen) atoms. The van der Waals surface area contributed by atoms with Gasteiger partial charge in [0.1, 0.15) is 0 Å². The lowest BCUT2D eigenvalue weighted by molar-refractivity contribution is -0.137. The van der Waals surface area contributed by atoms with E-state index in [1.54, 1.807) is 12.1 Å². The number of rotatable bonds is 6. The van der Waals surface area contributed by atoms with Crippen LogP contribution in [0.1, 0.15) is 66.8 Å². The van der Waals surface area contributed by atoms with Crippen molar-refractivity contribution < 1.29 is 13.2 Å². The van der Waals surface area contributed by atoms with Gasteiger partial charge in [0.15, 0.2) is 0 Å². The van der Waals surface area contributed by atoms with Crippen molar-refractivity contribution in [3.8, 4) is 0 Å². The first-order valence-corrected chi connectivity index (χ1v) is 15.6. The number of nitrogens with zero attached hydrogens (tertiary/aromatic N) is 1. The van der Waals surface area contributed by atoms with Gasteiger partial charge >= 0.3 is 6.18 Å². The Kier molecular flexibility index (Phi) is 7.82. The summed E-state index contributed by atoms with van der Waals surface area (Å²) in [5.41, 5.74) is 6.96. The number of alkyl halides is 3. The Morgan fingerprint density at radius 1 is 0.886 bits per heavy atom. The number of likely N-dealkylation sites (N-methyl/N-ethyl adjacent to an activating group) is 1. The number of fused-ring (bicyclic) bond motifs is 4. The van der Waals surface area contributed by atoms with E-state index in [0.29, 0.717) is 6.42 Å². The van der Waals surface area contributed by atoms with E-state index < -0.39 is 17.2 Å². The Bertz CT molecular complexity index is 1750. The van der Waals surface area contributed by atoms with Gasteiger partial charge in [-0.05, 0) is 77.6 Å². The minimum Gasteiger partial charge on any atom is -0.347 e. The van der Waals surface area contributed by atoms with Crippen LogP contribution in [0.15, 0.2) is 121 Å². The van der Waals surface area contributed by atoms with Crippen molar-refractivity contribution >= 4 is 16.5 Å². The maximum absolute atomic E-state index is 13.3. The van der Waals surface area contributed by atoms with Crippen molar-refractivity contribution in [2.75, 3.05) is 11.9 Å². The normalized spacial score (nSPS) is 18.7. The van der Waals surface area contributed by atoms with Crippen LogP contribution in [0.4, 0.5) is 18.9 Å². The van der Waals surface area contributed by atoms with Crippen molar-refractivity contribution in [1.29, 1.82) is 0 Å². The minimum atomic E-state index is -4.35. The van der Waals surface area contributed by atoms with Crippen molar-refractivity contribution in [1.82, 2.24) is 0 Å². The third-order valence-electron chi connectivity index (χ3n) is 10.1. The summed E-state index contributed by atoms with van der Waals surface area (Å²) in [6, 6.07) is 27.0. The zero-order chi connectivity index (χ0) is 31.1. The van der Waals surface area contributed by atoms with E-state index in [1.165, 1.54) is 59.1 Å². The molecule has 4 heteroatoms. The predicted molar refractivity (Wildman–Crippen MR) is 177 cm³/mol. The van der Waals surface area contributed by atoms with Crippen LogP contribution in [-0.2, 0) is 23.4 Å². The highest BCUT2D eigenvalue weighted by molar-refractivity contribution is 5.99. The number of allylic oxidation sites excluding steroid dienone is 5. The number of halogens is 3. The molecule has 1 fully saturated rings. The second kappa shape index (κ2) is 11.5.